The van der Waals surface area contributed by atoms with Crippen LogP contribution < -0.4 is 0 Å². The fraction of sp³-hybridized carbons (Fsp3) is 0.286. The molecule has 0 aromatic carbocycles. The molecule has 7 nitrogen and oxygen atoms in total. The van der Waals surface area contributed by atoms with E-state index < -0.39 is 18.5 Å². The van der Waals surface area contributed by atoms with E-state index in [0.29, 0.717) is 5.82 Å². The van der Waals surface area contributed by atoms with E-state index in [-0.39, 0.29) is 5.56 Å². The molecule has 0 atom stereocenters. The van der Waals surface area contributed by atoms with Crippen molar-refractivity contribution < 1.29 is 19.1 Å². The SMILES string of the molecule is COC(=O)COC(=O)c1ccc(-n2nc(C)cc2C)nc1. The summed E-state index contributed by atoms with van der Waals surface area (Å²) in [5.74, 6) is -0.645. The van der Waals surface area contributed by atoms with Crippen molar-refractivity contribution in [2.45, 2.75) is 13.8 Å². The van der Waals surface area contributed by atoms with Gasteiger partial charge in [-0.3, -0.25) is 0 Å². The highest BCUT2D eigenvalue weighted by atomic mass is 16.6. The zero-order chi connectivity index (χ0) is 15.4. The van der Waals surface area contributed by atoms with Crippen LogP contribution in [0.1, 0.15) is 21.7 Å². The zero-order valence-electron chi connectivity index (χ0n) is 12.0. The molecule has 0 bridgehead atoms. The van der Waals surface area contributed by atoms with Crippen molar-refractivity contribution in [1.29, 1.82) is 0 Å². The highest BCUT2D eigenvalue weighted by Crippen LogP contribution is 2.10. The highest BCUT2D eigenvalue weighted by molar-refractivity contribution is 5.90. The molecule has 0 saturated carbocycles. The van der Waals surface area contributed by atoms with Gasteiger partial charge in [-0.1, -0.05) is 0 Å². The van der Waals surface area contributed by atoms with E-state index in [4.69, 9.17) is 4.74 Å². The molecule has 0 aliphatic heterocycles. The van der Waals surface area contributed by atoms with Crippen LogP contribution in [0.3, 0.4) is 0 Å². The number of pyridine rings is 1. The number of carbonyl (C=O) groups is 2. The number of carbonyl (C=O) groups excluding carboxylic acids is 2. The van der Waals surface area contributed by atoms with Crippen molar-refractivity contribution in [2.24, 2.45) is 0 Å². The molecule has 0 fully saturated rings. The van der Waals surface area contributed by atoms with Gasteiger partial charge >= 0.3 is 11.9 Å². The fourth-order valence-electron chi connectivity index (χ4n) is 1.76. The first-order valence-corrected chi connectivity index (χ1v) is 6.25. The van der Waals surface area contributed by atoms with Crippen LogP contribution in [0, 0.1) is 13.8 Å². The van der Waals surface area contributed by atoms with Crippen molar-refractivity contribution in [3.05, 3.63) is 41.3 Å². The van der Waals surface area contributed by atoms with Gasteiger partial charge in [-0.2, -0.15) is 5.10 Å². The summed E-state index contributed by atoms with van der Waals surface area (Å²) in [5, 5.41) is 4.30. The lowest BCUT2D eigenvalue weighted by atomic mass is 10.3. The molecule has 2 rings (SSSR count). The van der Waals surface area contributed by atoms with Crippen LogP contribution in [0.2, 0.25) is 0 Å². The van der Waals surface area contributed by atoms with E-state index in [9.17, 15) is 9.59 Å². The van der Waals surface area contributed by atoms with Gasteiger partial charge < -0.3 is 9.47 Å². The van der Waals surface area contributed by atoms with Gasteiger partial charge in [0.15, 0.2) is 12.4 Å². The molecule has 2 aromatic heterocycles. The number of aryl methyl sites for hydroxylation is 2. The van der Waals surface area contributed by atoms with Gasteiger partial charge in [0.05, 0.1) is 18.4 Å². The third-order valence-electron chi connectivity index (χ3n) is 2.76. The van der Waals surface area contributed by atoms with Crippen molar-refractivity contribution >= 4 is 11.9 Å². The number of esters is 2. The van der Waals surface area contributed by atoms with Gasteiger partial charge in [-0.25, -0.2) is 19.3 Å². The minimum Gasteiger partial charge on any atom is -0.466 e. The summed E-state index contributed by atoms with van der Waals surface area (Å²) in [6.45, 7) is 3.39. The average molecular weight is 289 g/mol. The third-order valence-corrected chi connectivity index (χ3v) is 2.76. The van der Waals surface area contributed by atoms with Gasteiger partial charge in [0.2, 0.25) is 0 Å². The molecule has 0 N–H and O–H groups in total. The zero-order valence-corrected chi connectivity index (χ0v) is 12.0. The Morgan fingerprint density at radius 1 is 1.29 bits per heavy atom. The molecule has 7 heteroatoms. The minimum atomic E-state index is -0.632. The Morgan fingerprint density at radius 2 is 2.05 bits per heavy atom. The number of hydrogen-bond acceptors (Lipinski definition) is 6. The second kappa shape index (κ2) is 6.17. The molecule has 0 amide bonds. The fourth-order valence-corrected chi connectivity index (χ4v) is 1.76. The van der Waals surface area contributed by atoms with E-state index in [1.165, 1.54) is 13.3 Å². The number of rotatable bonds is 4. The summed E-state index contributed by atoms with van der Waals surface area (Å²) < 4.78 is 10.8. The maximum absolute atomic E-state index is 11.7. The Labute approximate surface area is 121 Å². The summed E-state index contributed by atoms with van der Waals surface area (Å²) in [5.41, 5.74) is 2.08. The van der Waals surface area contributed by atoms with E-state index in [0.717, 1.165) is 11.4 Å². The molecule has 0 aliphatic carbocycles. The minimum absolute atomic E-state index is 0.254. The Kier molecular flexibility index (Phi) is 4.32. The first kappa shape index (κ1) is 14.7. The van der Waals surface area contributed by atoms with Crippen LogP contribution in [-0.2, 0) is 14.3 Å². The monoisotopic (exact) mass is 289 g/mol. The summed E-state index contributed by atoms with van der Waals surface area (Å²) in [4.78, 5) is 26.8. The molecular weight excluding hydrogens is 274 g/mol. The van der Waals surface area contributed by atoms with Gasteiger partial charge in [0.25, 0.3) is 0 Å². The number of methoxy groups -OCH3 is 1. The van der Waals surface area contributed by atoms with Crippen LogP contribution in [0.25, 0.3) is 5.82 Å². The Bertz CT molecular complexity index is 661. The first-order valence-electron chi connectivity index (χ1n) is 6.25. The van der Waals surface area contributed by atoms with Gasteiger partial charge in [0.1, 0.15) is 0 Å². The molecule has 2 aromatic rings. The second-order valence-electron chi connectivity index (χ2n) is 4.40. The Morgan fingerprint density at radius 3 is 2.57 bits per heavy atom. The third kappa shape index (κ3) is 3.44. The number of hydrogen-bond donors (Lipinski definition) is 0. The molecule has 2 heterocycles. The molecule has 110 valence electrons. The van der Waals surface area contributed by atoms with Gasteiger partial charge in [-0.05, 0) is 32.0 Å². The predicted molar refractivity (Wildman–Crippen MR) is 73.1 cm³/mol. The molecule has 0 saturated heterocycles. The van der Waals surface area contributed by atoms with E-state index in [2.05, 4.69) is 14.8 Å². The molecule has 0 aliphatic rings. The van der Waals surface area contributed by atoms with Crippen molar-refractivity contribution in [2.75, 3.05) is 13.7 Å². The quantitative estimate of drug-likeness (QED) is 0.787. The molecule has 0 radical (unpaired) electrons. The van der Waals surface area contributed by atoms with E-state index in [1.54, 1.807) is 16.8 Å². The molecule has 0 unspecified atom stereocenters. The van der Waals surface area contributed by atoms with Crippen LogP contribution in [0.5, 0.6) is 0 Å². The number of ether oxygens (including phenoxy) is 2. The normalized spacial score (nSPS) is 10.2. The van der Waals surface area contributed by atoms with Crippen LogP contribution in [-0.4, -0.2) is 40.4 Å². The van der Waals surface area contributed by atoms with Crippen molar-refractivity contribution in [1.82, 2.24) is 14.8 Å². The number of aromatic nitrogens is 3. The van der Waals surface area contributed by atoms with Crippen LogP contribution >= 0.6 is 0 Å². The second-order valence-corrected chi connectivity index (χ2v) is 4.40. The summed E-state index contributed by atoms with van der Waals surface area (Å²) in [7, 11) is 1.22. The van der Waals surface area contributed by atoms with E-state index in [1.807, 2.05) is 19.9 Å². The predicted octanol–water partition coefficient (Wildman–Crippen LogP) is 1.21. The molecular formula is C14H15N3O4. The van der Waals surface area contributed by atoms with Crippen molar-refractivity contribution in [3.63, 3.8) is 0 Å². The lowest BCUT2D eigenvalue weighted by molar-refractivity contribution is -0.144. The maximum atomic E-state index is 11.7. The van der Waals surface area contributed by atoms with Gasteiger partial charge in [-0.15, -0.1) is 0 Å². The van der Waals surface area contributed by atoms with Crippen molar-refractivity contribution in [3.8, 4) is 5.82 Å². The molecule has 21 heavy (non-hydrogen) atoms. The van der Waals surface area contributed by atoms with Crippen LogP contribution in [0.4, 0.5) is 0 Å². The highest BCUT2D eigenvalue weighted by Gasteiger charge is 2.12. The summed E-state index contributed by atoms with van der Waals surface area (Å²) >= 11 is 0. The molecule has 0 spiro atoms. The van der Waals surface area contributed by atoms with Gasteiger partial charge in [0, 0.05) is 11.9 Å². The summed E-state index contributed by atoms with van der Waals surface area (Å²) in [6.07, 6.45) is 1.38. The first-order chi connectivity index (χ1) is 10.0. The Hall–Kier alpha value is -2.70. The smallest absolute Gasteiger partial charge is 0.344 e. The standard InChI is InChI=1S/C14H15N3O4/c1-9-6-10(2)17(16-9)12-5-4-11(7-15-12)14(19)21-8-13(18)20-3/h4-7H,8H2,1-3H3. The Balaban J connectivity index is 2.10. The largest absolute Gasteiger partial charge is 0.466 e. The number of nitrogens with zero attached hydrogens (tertiary/aromatic N) is 3. The lowest BCUT2D eigenvalue weighted by Gasteiger charge is -2.05. The maximum Gasteiger partial charge on any atom is 0.344 e. The average Bonchev–Trinajstić information content (AvgIpc) is 2.83. The summed E-state index contributed by atoms with van der Waals surface area (Å²) in [6, 6.07) is 5.16. The lowest BCUT2D eigenvalue weighted by Crippen LogP contribution is -2.15. The topological polar surface area (TPSA) is 83.3 Å². The van der Waals surface area contributed by atoms with Crippen LogP contribution in [0.15, 0.2) is 24.4 Å². The van der Waals surface area contributed by atoms with E-state index >= 15 is 0 Å².